The molecule has 0 aliphatic rings. The van der Waals surface area contributed by atoms with Crippen molar-refractivity contribution in [1.82, 2.24) is 0 Å². The number of nitrogens with two attached hydrogens (primary N) is 1. The van der Waals surface area contributed by atoms with Crippen molar-refractivity contribution in [2.45, 2.75) is 58.9 Å². The summed E-state index contributed by atoms with van der Waals surface area (Å²) in [6.45, 7) is 19.4. The SMILES string of the molecule is C[Si](C)(C)O[Si](CN)(O[Si](C)(C)C)O[Si](C)(C)C. The summed E-state index contributed by atoms with van der Waals surface area (Å²) >= 11 is 0. The molecule has 0 amide bonds. The van der Waals surface area contributed by atoms with Gasteiger partial charge in [0.15, 0.2) is 25.0 Å². The molecule has 2 N–H and O–H groups in total. The number of rotatable bonds is 7. The molecule has 0 bridgehead atoms. The molecule has 0 rings (SSSR count). The van der Waals surface area contributed by atoms with Crippen LogP contribution in [0, 0.1) is 0 Å². The highest BCUT2D eigenvalue weighted by Gasteiger charge is 2.49. The van der Waals surface area contributed by atoms with Gasteiger partial charge in [-0.1, -0.05) is 0 Å². The molecule has 0 saturated heterocycles. The van der Waals surface area contributed by atoms with E-state index < -0.39 is 33.8 Å². The van der Waals surface area contributed by atoms with Crippen molar-refractivity contribution in [3.8, 4) is 0 Å². The Balaban J connectivity index is 5.20. The van der Waals surface area contributed by atoms with E-state index in [9.17, 15) is 0 Å². The molecule has 4 nitrogen and oxygen atoms in total. The van der Waals surface area contributed by atoms with Crippen molar-refractivity contribution >= 4 is 33.8 Å². The molecule has 0 aromatic heterocycles. The van der Waals surface area contributed by atoms with Crippen molar-refractivity contribution in [3.05, 3.63) is 0 Å². The lowest BCUT2D eigenvalue weighted by Gasteiger charge is -2.42. The van der Waals surface area contributed by atoms with E-state index in [4.69, 9.17) is 18.1 Å². The van der Waals surface area contributed by atoms with Gasteiger partial charge in [0.05, 0.1) is 6.17 Å². The van der Waals surface area contributed by atoms with Gasteiger partial charge >= 0.3 is 8.80 Å². The van der Waals surface area contributed by atoms with Crippen LogP contribution in [0.5, 0.6) is 0 Å². The first-order valence-corrected chi connectivity index (χ1v) is 18.6. The summed E-state index contributed by atoms with van der Waals surface area (Å²) < 4.78 is 18.9. The Labute approximate surface area is 117 Å². The molecule has 0 spiro atoms. The Hall–Kier alpha value is 0.708. The van der Waals surface area contributed by atoms with E-state index >= 15 is 0 Å². The van der Waals surface area contributed by atoms with Crippen molar-refractivity contribution in [2.75, 3.05) is 6.17 Å². The maximum Gasteiger partial charge on any atom is 0.483 e. The molecule has 8 heteroatoms. The summed E-state index contributed by atoms with van der Waals surface area (Å²) in [5.74, 6) is 0. The van der Waals surface area contributed by atoms with Gasteiger partial charge in [0.1, 0.15) is 0 Å². The molecule has 0 fully saturated rings. The minimum absolute atomic E-state index is 0.381. The Bertz CT molecular complexity index is 227. The van der Waals surface area contributed by atoms with Gasteiger partial charge in [-0.15, -0.1) is 0 Å². The summed E-state index contributed by atoms with van der Waals surface area (Å²) in [4.78, 5) is 0. The van der Waals surface area contributed by atoms with Gasteiger partial charge < -0.3 is 18.1 Å². The predicted octanol–water partition coefficient (Wildman–Crippen LogP) is 2.98. The molecule has 18 heavy (non-hydrogen) atoms. The van der Waals surface area contributed by atoms with Crippen LogP contribution in [0.3, 0.4) is 0 Å². The highest BCUT2D eigenvalue weighted by atomic mass is 28.5. The van der Waals surface area contributed by atoms with Crippen LogP contribution < -0.4 is 5.73 Å². The minimum Gasteiger partial charge on any atom is -0.416 e. The van der Waals surface area contributed by atoms with Crippen LogP contribution in [0.25, 0.3) is 0 Å². The second kappa shape index (κ2) is 6.00. The average Bonchev–Trinajstić information content (AvgIpc) is 1.93. The van der Waals surface area contributed by atoms with Crippen molar-refractivity contribution in [2.24, 2.45) is 5.73 Å². The van der Waals surface area contributed by atoms with Crippen molar-refractivity contribution in [3.63, 3.8) is 0 Å². The van der Waals surface area contributed by atoms with Crippen LogP contribution in [-0.2, 0) is 12.3 Å². The quantitative estimate of drug-likeness (QED) is 0.731. The molecular formula is C10H31NO3Si4. The molecule has 0 heterocycles. The van der Waals surface area contributed by atoms with E-state index in [1.54, 1.807) is 0 Å². The summed E-state index contributed by atoms with van der Waals surface area (Å²) in [7, 11) is -7.92. The van der Waals surface area contributed by atoms with Gasteiger partial charge in [-0.25, -0.2) is 0 Å². The molecule has 0 saturated carbocycles. The summed E-state index contributed by atoms with van der Waals surface area (Å²) in [6, 6.07) is 0. The molecule has 110 valence electrons. The molecule has 0 atom stereocenters. The first-order valence-electron chi connectivity index (χ1n) is 6.49. The fourth-order valence-corrected chi connectivity index (χ4v) is 15.4. The smallest absolute Gasteiger partial charge is 0.416 e. The largest absolute Gasteiger partial charge is 0.483 e. The maximum absolute atomic E-state index is 6.30. The van der Waals surface area contributed by atoms with Crippen LogP contribution in [0.15, 0.2) is 0 Å². The topological polar surface area (TPSA) is 53.7 Å². The second-order valence-electron chi connectivity index (χ2n) is 7.53. The standard InChI is InChI=1S/C10H31NO3Si4/c1-15(2,3)12-18(10-11,13-16(4,5)6)14-17(7,8)9/h10-11H2,1-9H3. The molecular weight excluding hydrogens is 294 g/mol. The van der Waals surface area contributed by atoms with Crippen LogP contribution in [0.1, 0.15) is 0 Å². The lowest BCUT2D eigenvalue weighted by Crippen LogP contribution is -2.64. The lowest BCUT2D eigenvalue weighted by molar-refractivity contribution is 0.254. The molecule has 0 aliphatic carbocycles. The zero-order valence-electron chi connectivity index (χ0n) is 13.5. The predicted molar refractivity (Wildman–Crippen MR) is 88.1 cm³/mol. The third-order valence-electron chi connectivity index (χ3n) is 1.64. The van der Waals surface area contributed by atoms with E-state index in [2.05, 4.69) is 58.9 Å². The monoisotopic (exact) mass is 325 g/mol. The first-order chi connectivity index (χ1) is 7.68. The van der Waals surface area contributed by atoms with Crippen LogP contribution in [0.4, 0.5) is 0 Å². The summed E-state index contributed by atoms with van der Waals surface area (Å²) in [5, 5.41) is 0. The first kappa shape index (κ1) is 18.7. The minimum atomic E-state index is -2.71. The third kappa shape index (κ3) is 8.75. The molecule has 0 aromatic rings. The van der Waals surface area contributed by atoms with Gasteiger partial charge in [0.2, 0.25) is 0 Å². The molecule has 0 aromatic carbocycles. The molecule has 0 unspecified atom stereocenters. The van der Waals surface area contributed by atoms with E-state index in [0.29, 0.717) is 6.17 Å². The Kier molecular flexibility index (Phi) is 6.23. The third-order valence-corrected chi connectivity index (χ3v) is 13.2. The van der Waals surface area contributed by atoms with E-state index in [-0.39, 0.29) is 0 Å². The Morgan fingerprint density at radius 3 is 0.944 bits per heavy atom. The van der Waals surface area contributed by atoms with Crippen LogP contribution >= 0.6 is 0 Å². The molecule has 0 aliphatic heterocycles. The average molecular weight is 326 g/mol. The summed E-state index contributed by atoms with van der Waals surface area (Å²) in [6.07, 6.45) is 0.381. The van der Waals surface area contributed by atoms with Gasteiger partial charge in [-0.2, -0.15) is 0 Å². The second-order valence-corrected chi connectivity index (χ2v) is 24.4. The van der Waals surface area contributed by atoms with Gasteiger partial charge in [-0.05, 0) is 58.9 Å². The summed E-state index contributed by atoms with van der Waals surface area (Å²) in [5.41, 5.74) is 5.98. The molecule has 0 radical (unpaired) electrons. The van der Waals surface area contributed by atoms with E-state index in [1.807, 2.05) is 0 Å². The maximum atomic E-state index is 6.30. The van der Waals surface area contributed by atoms with Gasteiger partial charge in [0.25, 0.3) is 0 Å². The normalized spacial score (nSPS) is 15.0. The highest BCUT2D eigenvalue weighted by molar-refractivity contribution is 6.90. The highest BCUT2D eigenvalue weighted by Crippen LogP contribution is 2.24. The van der Waals surface area contributed by atoms with Crippen LogP contribution in [-0.4, -0.2) is 39.9 Å². The van der Waals surface area contributed by atoms with Crippen molar-refractivity contribution < 1.29 is 12.3 Å². The zero-order chi connectivity index (χ0) is 14.8. The Morgan fingerprint density at radius 1 is 0.611 bits per heavy atom. The van der Waals surface area contributed by atoms with Crippen LogP contribution in [0.2, 0.25) is 58.9 Å². The fourth-order valence-electron chi connectivity index (χ4n) is 1.59. The van der Waals surface area contributed by atoms with Gasteiger partial charge in [-0.3, -0.25) is 0 Å². The number of hydrogen-bond acceptors (Lipinski definition) is 4. The zero-order valence-corrected chi connectivity index (χ0v) is 17.5. The van der Waals surface area contributed by atoms with E-state index in [1.165, 1.54) is 0 Å². The van der Waals surface area contributed by atoms with Gasteiger partial charge in [0, 0.05) is 0 Å². The van der Waals surface area contributed by atoms with Crippen molar-refractivity contribution in [1.29, 1.82) is 0 Å². The van der Waals surface area contributed by atoms with E-state index in [0.717, 1.165) is 0 Å². The Morgan fingerprint density at radius 2 is 0.833 bits per heavy atom. The lowest BCUT2D eigenvalue weighted by atomic mass is 11.5. The number of hydrogen-bond donors (Lipinski definition) is 1. The fraction of sp³-hybridized carbons (Fsp3) is 1.00.